The second-order valence-corrected chi connectivity index (χ2v) is 2.52. The lowest BCUT2D eigenvalue weighted by Crippen LogP contribution is -2.34. The molecular weight excluding hydrogens is 130 g/mol. The monoisotopic (exact) mass is 143 g/mol. The molecule has 4 N–H and O–H groups in total. The van der Waals surface area contributed by atoms with Crippen molar-refractivity contribution in [2.75, 3.05) is 19.8 Å². The second-order valence-electron chi connectivity index (χ2n) is 2.52. The molecule has 0 radical (unpaired) electrons. The van der Waals surface area contributed by atoms with Crippen LogP contribution in [0.25, 0.3) is 0 Å². The second kappa shape index (κ2) is 3.41. The molecule has 1 unspecified atom stereocenters. The highest BCUT2D eigenvalue weighted by Gasteiger charge is 2.14. The van der Waals surface area contributed by atoms with Crippen molar-refractivity contribution in [1.29, 1.82) is 5.41 Å². The third-order valence-corrected chi connectivity index (χ3v) is 1.61. The molecule has 10 heavy (non-hydrogen) atoms. The molecule has 0 spiro atoms. The smallest absolute Gasteiger partial charge is 0.185 e. The van der Waals surface area contributed by atoms with Gasteiger partial charge in [0.2, 0.25) is 0 Å². The topological polar surface area (TPSA) is 71.1 Å². The van der Waals surface area contributed by atoms with Crippen molar-refractivity contribution < 1.29 is 4.74 Å². The minimum atomic E-state index is 0.0481. The third kappa shape index (κ3) is 2.23. The van der Waals surface area contributed by atoms with Crippen LogP contribution in [0, 0.1) is 11.3 Å². The van der Waals surface area contributed by atoms with E-state index in [-0.39, 0.29) is 5.96 Å². The first-order valence-corrected chi connectivity index (χ1v) is 3.44. The molecule has 0 aromatic carbocycles. The molecule has 1 aliphatic heterocycles. The molecule has 0 aliphatic carbocycles. The molecule has 0 bridgehead atoms. The van der Waals surface area contributed by atoms with Crippen LogP contribution in [0.5, 0.6) is 0 Å². The molecule has 1 aliphatic rings. The van der Waals surface area contributed by atoms with Gasteiger partial charge in [0, 0.05) is 19.1 Å². The van der Waals surface area contributed by atoms with E-state index in [2.05, 4.69) is 5.32 Å². The van der Waals surface area contributed by atoms with E-state index in [9.17, 15) is 0 Å². The summed E-state index contributed by atoms with van der Waals surface area (Å²) in [6.07, 6.45) is 1.08. The predicted molar refractivity (Wildman–Crippen MR) is 38.8 cm³/mol. The zero-order chi connectivity index (χ0) is 7.40. The van der Waals surface area contributed by atoms with Gasteiger partial charge >= 0.3 is 0 Å². The molecule has 0 aromatic heterocycles. The summed E-state index contributed by atoms with van der Waals surface area (Å²) >= 11 is 0. The number of hydrogen-bond acceptors (Lipinski definition) is 2. The Bertz CT molecular complexity index is 120. The molecule has 4 nitrogen and oxygen atoms in total. The van der Waals surface area contributed by atoms with Crippen LogP contribution in [0.15, 0.2) is 0 Å². The van der Waals surface area contributed by atoms with E-state index in [0.717, 1.165) is 26.2 Å². The highest BCUT2D eigenvalue weighted by molar-refractivity contribution is 5.74. The third-order valence-electron chi connectivity index (χ3n) is 1.61. The normalized spacial score (nSPS) is 24.6. The summed E-state index contributed by atoms with van der Waals surface area (Å²) in [4.78, 5) is 0. The Morgan fingerprint density at radius 1 is 1.80 bits per heavy atom. The van der Waals surface area contributed by atoms with Crippen LogP contribution in [0.1, 0.15) is 6.42 Å². The molecule has 1 fully saturated rings. The van der Waals surface area contributed by atoms with Crippen LogP contribution in [-0.2, 0) is 4.74 Å². The van der Waals surface area contributed by atoms with Gasteiger partial charge in [0.15, 0.2) is 5.96 Å². The van der Waals surface area contributed by atoms with Gasteiger partial charge in [0.25, 0.3) is 0 Å². The fraction of sp³-hybridized carbons (Fsp3) is 0.833. The van der Waals surface area contributed by atoms with Gasteiger partial charge < -0.3 is 15.8 Å². The average molecular weight is 143 g/mol. The maximum Gasteiger partial charge on any atom is 0.185 e. The molecule has 4 heteroatoms. The Kier molecular flexibility index (Phi) is 2.50. The average Bonchev–Trinajstić information content (AvgIpc) is 2.34. The van der Waals surface area contributed by atoms with Gasteiger partial charge in [-0.3, -0.25) is 5.41 Å². The summed E-state index contributed by atoms with van der Waals surface area (Å²) in [5, 5.41) is 9.65. The maximum absolute atomic E-state index is 6.88. The quantitative estimate of drug-likeness (QED) is 0.360. The zero-order valence-electron chi connectivity index (χ0n) is 5.89. The van der Waals surface area contributed by atoms with E-state index in [1.54, 1.807) is 0 Å². The van der Waals surface area contributed by atoms with E-state index in [1.807, 2.05) is 0 Å². The maximum atomic E-state index is 6.88. The molecular formula is C6H13N3O. The van der Waals surface area contributed by atoms with Gasteiger partial charge in [-0.15, -0.1) is 0 Å². The SMILES string of the molecule is N=C(N)NCC1CCOC1. The standard InChI is InChI=1S/C6H13N3O/c7-6(8)9-3-5-1-2-10-4-5/h5H,1-4H2,(H4,7,8,9). The zero-order valence-corrected chi connectivity index (χ0v) is 5.89. The minimum absolute atomic E-state index is 0.0481. The fourth-order valence-electron chi connectivity index (χ4n) is 0.999. The molecule has 58 valence electrons. The van der Waals surface area contributed by atoms with Gasteiger partial charge in [0.05, 0.1) is 6.61 Å². The molecule has 0 aromatic rings. The number of hydrogen-bond donors (Lipinski definition) is 3. The van der Waals surface area contributed by atoms with Gasteiger partial charge in [-0.05, 0) is 6.42 Å². The minimum Gasteiger partial charge on any atom is -0.381 e. The Balaban J connectivity index is 2.07. The van der Waals surface area contributed by atoms with E-state index < -0.39 is 0 Å². The lowest BCUT2D eigenvalue weighted by molar-refractivity contribution is 0.186. The first-order valence-electron chi connectivity index (χ1n) is 3.44. The Labute approximate surface area is 60.2 Å². The summed E-state index contributed by atoms with van der Waals surface area (Å²) in [6, 6.07) is 0. The van der Waals surface area contributed by atoms with Crippen LogP contribution >= 0.6 is 0 Å². The van der Waals surface area contributed by atoms with Gasteiger partial charge in [-0.2, -0.15) is 0 Å². The summed E-state index contributed by atoms with van der Waals surface area (Å²) < 4.78 is 5.14. The van der Waals surface area contributed by atoms with Crippen molar-refractivity contribution in [3.05, 3.63) is 0 Å². The number of nitrogens with one attached hydrogen (secondary N) is 2. The van der Waals surface area contributed by atoms with Crippen molar-refractivity contribution in [2.24, 2.45) is 11.7 Å². The van der Waals surface area contributed by atoms with E-state index in [1.165, 1.54) is 0 Å². The van der Waals surface area contributed by atoms with E-state index in [4.69, 9.17) is 15.9 Å². The largest absolute Gasteiger partial charge is 0.381 e. The van der Waals surface area contributed by atoms with Crippen LogP contribution in [-0.4, -0.2) is 25.7 Å². The number of ether oxygens (including phenoxy) is 1. The summed E-state index contributed by atoms with van der Waals surface area (Å²) in [7, 11) is 0. The van der Waals surface area contributed by atoms with Gasteiger partial charge in [-0.1, -0.05) is 0 Å². The molecule has 1 atom stereocenters. The summed E-state index contributed by atoms with van der Waals surface area (Å²) in [5.41, 5.74) is 5.10. The molecule has 0 amide bonds. The highest BCUT2D eigenvalue weighted by atomic mass is 16.5. The van der Waals surface area contributed by atoms with Crippen molar-refractivity contribution in [3.63, 3.8) is 0 Å². The first-order chi connectivity index (χ1) is 4.79. The Hall–Kier alpha value is -0.770. The lowest BCUT2D eigenvalue weighted by atomic mass is 10.1. The Morgan fingerprint density at radius 3 is 3.10 bits per heavy atom. The summed E-state index contributed by atoms with van der Waals surface area (Å²) in [5.74, 6) is 0.593. The fourth-order valence-corrected chi connectivity index (χ4v) is 0.999. The first kappa shape index (κ1) is 7.34. The lowest BCUT2D eigenvalue weighted by Gasteiger charge is -2.07. The van der Waals surface area contributed by atoms with Crippen molar-refractivity contribution in [3.8, 4) is 0 Å². The van der Waals surface area contributed by atoms with E-state index >= 15 is 0 Å². The van der Waals surface area contributed by atoms with Crippen LogP contribution in [0.3, 0.4) is 0 Å². The van der Waals surface area contributed by atoms with Gasteiger partial charge in [-0.25, -0.2) is 0 Å². The van der Waals surface area contributed by atoms with Crippen molar-refractivity contribution >= 4 is 5.96 Å². The Morgan fingerprint density at radius 2 is 2.60 bits per heavy atom. The number of rotatable bonds is 2. The van der Waals surface area contributed by atoms with E-state index in [0.29, 0.717) is 5.92 Å². The predicted octanol–water partition coefficient (Wildman–Crippen LogP) is -0.494. The molecule has 0 saturated carbocycles. The van der Waals surface area contributed by atoms with Gasteiger partial charge in [0.1, 0.15) is 0 Å². The molecule has 1 rings (SSSR count). The van der Waals surface area contributed by atoms with Crippen LogP contribution in [0.4, 0.5) is 0 Å². The van der Waals surface area contributed by atoms with Crippen LogP contribution < -0.4 is 11.1 Å². The summed E-state index contributed by atoms with van der Waals surface area (Å²) in [6.45, 7) is 2.43. The molecule has 1 heterocycles. The number of guanidine groups is 1. The van der Waals surface area contributed by atoms with Crippen LogP contribution in [0.2, 0.25) is 0 Å². The number of nitrogens with two attached hydrogens (primary N) is 1. The van der Waals surface area contributed by atoms with Crippen molar-refractivity contribution in [1.82, 2.24) is 5.32 Å². The molecule has 1 saturated heterocycles. The highest BCUT2D eigenvalue weighted by Crippen LogP contribution is 2.09. The van der Waals surface area contributed by atoms with Crippen molar-refractivity contribution in [2.45, 2.75) is 6.42 Å².